The second-order valence-electron chi connectivity index (χ2n) is 3.06. The topological polar surface area (TPSA) is 49.7 Å². The highest BCUT2D eigenvalue weighted by Crippen LogP contribution is 2.31. The Labute approximate surface area is 71.8 Å². The molecule has 1 rings (SSSR count). The second-order valence-corrected chi connectivity index (χ2v) is 3.06. The van der Waals surface area contributed by atoms with Crippen molar-refractivity contribution >= 4 is 11.7 Å². The summed E-state index contributed by atoms with van der Waals surface area (Å²) in [5.74, 6) is -0.346. The van der Waals surface area contributed by atoms with E-state index in [-0.39, 0.29) is 0 Å². The predicted molar refractivity (Wildman–Crippen MR) is 47.5 cm³/mol. The Balaban J connectivity index is 2.68. The molecular formula is C9H13NO2. The van der Waals surface area contributed by atoms with Crippen molar-refractivity contribution in [1.29, 1.82) is 0 Å². The van der Waals surface area contributed by atoms with Crippen LogP contribution in [0.15, 0.2) is 16.6 Å². The molecule has 3 nitrogen and oxygen atoms in total. The van der Waals surface area contributed by atoms with Gasteiger partial charge in [-0.05, 0) is 25.8 Å². The van der Waals surface area contributed by atoms with Crippen molar-refractivity contribution in [3.63, 3.8) is 0 Å². The Morgan fingerprint density at radius 1 is 1.58 bits per heavy atom. The van der Waals surface area contributed by atoms with Gasteiger partial charge in [-0.2, -0.15) is 0 Å². The summed E-state index contributed by atoms with van der Waals surface area (Å²) in [5.41, 5.74) is 1.29. The third-order valence-electron chi connectivity index (χ3n) is 1.96. The standard InChI is InChI=1S/C9H13NO2/c1-6(9(11)12)5-8(10-2)7-3-4-7/h5,7H,3-4H2,1-2H3,(H,11,12)/b6-5+,10-8?. The molecule has 0 radical (unpaired) electrons. The Morgan fingerprint density at radius 3 is 2.50 bits per heavy atom. The van der Waals surface area contributed by atoms with Crippen LogP contribution in [0.2, 0.25) is 0 Å². The SMILES string of the molecule is CN=C(/C=C(\C)C(=O)O)C1CC1. The molecule has 66 valence electrons. The van der Waals surface area contributed by atoms with Crippen LogP contribution < -0.4 is 0 Å². The van der Waals surface area contributed by atoms with Gasteiger partial charge in [0.25, 0.3) is 0 Å². The number of carbonyl (C=O) groups is 1. The first kappa shape index (κ1) is 8.97. The lowest BCUT2D eigenvalue weighted by atomic mass is 10.1. The van der Waals surface area contributed by atoms with Crippen LogP contribution in [0.25, 0.3) is 0 Å². The van der Waals surface area contributed by atoms with Gasteiger partial charge in [0, 0.05) is 24.3 Å². The molecule has 0 aliphatic heterocycles. The lowest BCUT2D eigenvalue weighted by Crippen LogP contribution is -2.03. The number of allylic oxidation sites excluding steroid dienone is 1. The van der Waals surface area contributed by atoms with Gasteiger partial charge >= 0.3 is 5.97 Å². The summed E-state index contributed by atoms with van der Waals surface area (Å²) in [7, 11) is 1.71. The van der Waals surface area contributed by atoms with Crippen LogP contribution in [0.5, 0.6) is 0 Å². The zero-order chi connectivity index (χ0) is 9.14. The Kier molecular flexibility index (Phi) is 2.63. The Morgan fingerprint density at radius 2 is 2.17 bits per heavy atom. The molecular weight excluding hydrogens is 154 g/mol. The molecule has 12 heavy (non-hydrogen) atoms. The highest BCUT2D eigenvalue weighted by Gasteiger charge is 2.25. The van der Waals surface area contributed by atoms with Gasteiger partial charge in [-0.25, -0.2) is 4.79 Å². The predicted octanol–water partition coefficient (Wildman–Crippen LogP) is 1.50. The zero-order valence-corrected chi connectivity index (χ0v) is 7.37. The van der Waals surface area contributed by atoms with Gasteiger partial charge in [0.1, 0.15) is 0 Å². The highest BCUT2D eigenvalue weighted by molar-refractivity contribution is 6.03. The van der Waals surface area contributed by atoms with Crippen LogP contribution in [0.4, 0.5) is 0 Å². The first-order valence-corrected chi connectivity index (χ1v) is 4.03. The third kappa shape index (κ3) is 2.19. The van der Waals surface area contributed by atoms with E-state index in [0.29, 0.717) is 11.5 Å². The van der Waals surface area contributed by atoms with Gasteiger partial charge in [-0.3, -0.25) is 4.99 Å². The molecule has 0 spiro atoms. The molecule has 0 amide bonds. The lowest BCUT2D eigenvalue weighted by Gasteiger charge is -1.96. The van der Waals surface area contributed by atoms with E-state index in [9.17, 15) is 4.79 Å². The number of nitrogens with zero attached hydrogens (tertiary/aromatic N) is 1. The van der Waals surface area contributed by atoms with E-state index in [4.69, 9.17) is 5.11 Å². The molecule has 1 aliphatic rings. The van der Waals surface area contributed by atoms with E-state index in [1.54, 1.807) is 20.0 Å². The van der Waals surface area contributed by atoms with Gasteiger partial charge in [-0.1, -0.05) is 0 Å². The van der Waals surface area contributed by atoms with E-state index >= 15 is 0 Å². The van der Waals surface area contributed by atoms with Crippen molar-refractivity contribution in [2.45, 2.75) is 19.8 Å². The molecule has 0 aromatic heterocycles. The molecule has 1 aliphatic carbocycles. The third-order valence-corrected chi connectivity index (χ3v) is 1.96. The van der Waals surface area contributed by atoms with Crippen molar-refractivity contribution in [3.8, 4) is 0 Å². The van der Waals surface area contributed by atoms with E-state index in [1.807, 2.05) is 0 Å². The fraction of sp³-hybridized carbons (Fsp3) is 0.556. The van der Waals surface area contributed by atoms with Crippen LogP contribution in [-0.4, -0.2) is 23.8 Å². The molecule has 0 saturated heterocycles. The molecule has 1 N–H and O–H groups in total. The first-order chi connectivity index (χ1) is 5.65. The van der Waals surface area contributed by atoms with E-state index in [0.717, 1.165) is 18.6 Å². The van der Waals surface area contributed by atoms with Crippen LogP contribution in [0.1, 0.15) is 19.8 Å². The van der Waals surface area contributed by atoms with Crippen molar-refractivity contribution in [2.24, 2.45) is 10.9 Å². The zero-order valence-electron chi connectivity index (χ0n) is 7.37. The van der Waals surface area contributed by atoms with Gasteiger partial charge in [0.05, 0.1) is 0 Å². The molecule has 0 aromatic carbocycles. The summed E-state index contributed by atoms with van der Waals surface area (Å²) in [6.07, 6.45) is 3.96. The summed E-state index contributed by atoms with van der Waals surface area (Å²) in [5, 5.41) is 8.61. The summed E-state index contributed by atoms with van der Waals surface area (Å²) < 4.78 is 0. The first-order valence-electron chi connectivity index (χ1n) is 4.03. The second kappa shape index (κ2) is 3.52. The van der Waals surface area contributed by atoms with Gasteiger partial charge < -0.3 is 5.11 Å². The number of aliphatic imine (C=N–C) groups is 1. The minimum atomic E-state index is -0.864. The fourth-order valence-electron chi connectivity index (χ4n) is 1.03. The molecule has 0 heterocycles. The minimum Gasteiger partial charge on any atom is -0.478 e. The van der Waals surface area contributed by atoms with Crippen LogP contribution in [0, 0.1) is 5.92 Å². The monoisotopic (exact) mass is 167 g/mol. The number of aliphatic carboxylic acids is 1. The maximum atomic E-state index is 10.5. The Hall–Kier alpha value is -1.12. The summed E-state index contributed by atoms with van der Waals surface area (Å²) in [6, 6.07) is 0. The fourth-order valence-corrected chi connectivity index (χ4v) is 1.03. The average molecular weight is 167 g/mol. The molecule has 0 atom stereocenters. The van der Waals surface area contributed by atoms with E-state index in [1.165, 1.54) is 0 Å². The number of hydrogen-bond acceptors (Lipinski definition) is 2. The van der Waals surface area contributed by atoms with Crippen molar-refractivity contribution in [3.05, 3.63) is 11.6 Å². The van der Waals surface area contributed by atoms with Gasteiger partial charge in [0.2, 0.25) is 0 Å². The van der Waals surface area contributed by atoms with E-state index in [2.05, 4.69) is 4.99 Å². The summed E-state index contributed by atoms with van der Waals surface area (Å²) in [4.78, 5) is 14.5. The maximum absolute atomic E-state index is 10.5. The van der Waals surface area contributed by atoms with Crippen molar-refractivity contribution < 1.29 is 9.90 Å². The largest absolute Gasteiger partial charge is 0.478 e. The smallest absolute Gasteiger partial charge is 0.331 e. The van der Waals surface area contributed by atoms with Crippen molar-refractivity contribution in [1.82, 2.24) is 0 Å². The quantitative estimate of drug-likeness (QED) is 0.511. The summed E-state index contributed by atoms with van der Waals surface area (Å²) >= 11 is 0. The lowest BCUT2D eigenvalue weighted by molar-refractivity contribution is -0.132. The van der Waals surface area contributed by atoms with Crippen LogP contribution >= 0.6 is 0 Å². The van der Waals surface area contributed by atoms with E-state index < -0.39 is 5.97 Å². The highest BCUT2D eigenvalue weighted by atomic mass is 16.4. The molecule has 1 fully saturated rings. The average Bonchev–Trinajstić information content (AvgIpc) is 2.82. The Bertz CT molecular complexity index is 249. The van der Waals surface area contributed by atoms with Crippen molar-refractivity contribution in [2.75, 3.05) is 7.05 Å². The van der Waals surface area contributed by atoms with Crippen LogP contribution in [-0.2, 0) is 4.79 Å². The molecule has 1 saturated carbocycles. The summed E-state index contributed by atoms with van der Waals surface area (Å²) in [6.45, 7) is 1.59. The van der Waals surface area contributed by atoms with Gasteiger partial charge in [0.15, 0.2) is 0 Å². The molecule has 0 aromatic rings. The number of carboxylic acids is 1. The normalized spacial score (nSPS) is 19.5. The molecule has 3 heteroatoms. The molecule has 0 unspecified atom stereocenters. The minimum absolute atomic E-state index is 0.363. The maximum Gasteiger partial charge on any atom is 0.331 e. The number of carboxylic acid groups (broad SMARTS) is 1. The van der Waals surface area contributed by atoms with Crippen LogP contribution in [0.3, 0.4) is 0 Å². The molecule has 0 bridgehead atoms. The number of hydrogen-bond donors (Lipinski definition) is 1. The number of rotatable bonds is 3. The van der Waals surface area contributed by atoms with Gasteiger partial charge in [-0.15, -0.1) is 0 Å².